The van der Waals surface area contributed by atoms with E-state index in [0.717, 1.165) is 95.8 Å². The zero-order valence-electron chi connectivity index (χ0n) is 33.0. The van der Waals surface area contributed by atoms with Gasteiger partial charge < -0.3 is 25.6 Å². The molecule has 2 saturated heterocycles. The van der Waals surface area contributed by atoms with E-state index in [0.29, 0.717) is 42.9 Å². The molecule has 3 aromatic carbocycles. The second-order valence-corrected chi connectivity index (χ2v) is 15.0. The van der Waals surface area contributed by atoms with Gasteiger partial charge in [0.25, 0.3) is 11.8 Å². The number of aromatic nitrogens is 3. The Labute approximate surface area is 328 Å². The number of nitrogens with one attached hydrogen (secondary N) is 3. The Balaban J connectivity index is 1.03. The predicted octanol–water partition coefficient (Wildman–Crippen LogP) is 6.33. The largest absolute Gasteiger partial charge is 0.381 e. The highest BCUT2D eigenvalue weighted by Gasteiger charge is 2.23. The van der Waals surface area contributed by atoms with E-state index >= 15 is 4.39 Å². The first-order chi connectivity index (χ1) is 27.2. The number of amides is 2. The van der Waals surface area contributed by atoms with E-state index in [2.05, 4.69) is 57.0 Å². The molecule has 0 saturated carbocycles. The van der Waals surface area contributed by atoms with Crippen LogP contribution >= 0.6 is 0 Å². The third-order valence-corrected chi connectivity index (χ3v) is 10.9. The van der Waals surface area contributed by atoms with Gasteiger partial charge >= 0.3 is 0 Å². The third kappa shape index (κ3) is 9.09. The number of rotatable bonds is 13. The highest BCUT2D eigenvalue weighted by atomic mass is 19.1. The van der Waals surface area contributed by atoms with E-state index < -0.39 is 0 Å². The number of aryl methyl sites for hydroxylation is 3. The number of nitrogens with zero attached hydrogens (tertiary/aromatic N) is 5. The molecule has 2 amide bonds. The molecule has 2 aliphatic rings. The summed E-state index contributed by atoms with van der Waals surface area (Å²) in [6.45, 7) is 13.5. The summed E-state index contributed by atoms with van der Waals surface area (Å²) < 4.78 is 22.7. The second-order valence-electron chi connectivity index (χ2n) is 15.0. The zero-order chi connectivity index (χ0) is 39.2. The zero-order valence-corrected chi connectivity index (χ0v) is 33.0. The Kier molecular flexibility index (Phi) is 12.4. The first-order valence-corrected chi connectivity index (χ1v) is 19.9. The summed E-state index contributed by atoms with van der Waals surface area (Å²) in [6.07, 6.45) is 4.32. The first-order valence-electron chi connectivity index (χ1n) is 19.9. The van der Waals surface area contributed by atoms with Crippen LogP contribution in [0.25, 0.3) is 22.2 Å². The number of likely N-dealkylation sites (N-methyl/N-ethyl adjacent to an activating group) is 1. The Morgan fingerprint density at radius 1 is 0.893 bits per heavy atom. The summed E-state index contributed by atoms with van der Waals surface area (Å²) in [5, 5.41) is 15.4. The lowest BCUT2D eigenvalue weighted by Crippen LogP contribution is -2.43. The monoisotopic (exact) mass is 760 g/mol. The van der Waals surface area contributed by atoms with Gasteiger partial charge in [0.1, 0.15) is 5.82 Å². The molecule has 0 radical (unpaired) electrons. The molecule has 0 unspecified atom stereocenters. The molecule has 2 aromatic heterocycles. The van der Waals surface area contributed by atoms with Gasteiger partial charge in [0, 0.05) is 99.6 Å². The highest BCUT2D eigenvalue weighted by Crippen LogP contribution is 2.32. The topological polar surface area (TPSA) is 117 Å². The van der Waals surface area contributed by atoms with E-state index in [1.807, 2.05) is 36.9 Å². The maximum Gasteiger partial charge on any atom is 0.251 e. The molecule has 0 atom stereocenters. The fourth-order valence-corrected chi connectivity index (χ4v) is 7.71. The summed E-state index contributed by atoms with van der Waals surface area (Å²) in [5.74, 6) is -0.916. The van der Waals surface area contributed by atoms with Gasteiger partial charge in [-0.1, -0.05) is 31.2 Å². The molecule has 11 nitrogen and oxygen atoms in total. The molecule has 5 aromatic rings. The van der Waals surface area contributed by atoms with Crippen LogP contribution in [-0.4, -0.2) is 88.9 Å². The van der Waals surface area contributed by atoms with Crippen molar-refractivity contribution in [2.45, 2.75) is 72.3 Å². The van der Waals surface area contributed by atoms with Gasteiger partial charge in [-0.15, -0.1) is 0 Å². The Bertz CT molecular complexity index is 2190. The van der Waals surface area contributed by atoms with E-state index in [9.17, 15) is 9.59 Å². The smallest absolute Gasteiger partial charge is 0.251 e. The van der Waals surface area contributed by atoms with Crippen molar-refractivity contribution in [3.63, 3.8) is 0 Å². The molecule has 4 heterocycles. The number of carbonyl (C=O) groups excluding carboxylic acids is 2. The van der Waals surface area contributed by atoms with Crippen molar-refractivity contribution in [1.82, 2.24) is 35.2 Å². The fraction of sp³-hybridized carbons (Fsp3) is 0.409. The van der Waals surface area contributed by atoms with E-state index in [1.54, 1.807) is 30.3 Å². The summed E-state index contributed by atoms with van der Waals surface area (Å²) >= 11 is 0. The van der Waals surface area contributed by atoms with E-state index in [-0.39, 0.29) is 36.8 Å². The first kappa shape index (κ1) is 39.1. The molecule has 0 aliphatic carbocycles. The number of fused-ring (bicyclic) bond motifs is 1. The van der Waals surface area contributed by atoms with Crippen molar-refractivity contribution >= 4 is 28.5 Å². The lowest BCUT2D eigenvalue weighted by Gasteiger charge is -2.32. The van der Waals surface area contributed by atoms with Crippen LogP contribution in [0, 0.1) is 12.7 Å². The number of anilines is 1. The molecule has 2 fully saturated rings. The summed E-state index contributed by atoms with van der Waals surface area (Å²) in [6, 6.07) is 18.4. The number of carbonyl (C=O) groups is 2. The normalized spacial score (nSPS) is 15.6. The van der Waals surface area contributed by atoms with Gasteiger partial charge in [0.2, 0.25) is 0 Å². The van der Waals surface area contributed by atoms with Crippen molar-refractivity contribution in [2.75, 3.05) is 51.8 Å². The molecule has 2 aliphatic heterocycles. The van der Waals surface area contributed by atoms with Gasteiger partial charge in [-0.25, -0.2) is 14.1 Å². The number of ether oxygens (including phenoxy) is 1. The van der Waals surface area contributed by atoms with Crippen LogP contribution in [0.2, 0.25) is 0 Å². The Hall–Kier alpha value is -5.17. The van der Waals surface area contributed by atoms with Gasteiger partial charge in [-0.05, 0) is 98.8 Å². The SMILES string of the molecule is CCc1nc2c(cnn2CC)c(NC2CCOCC2)c1CNC(=O)c1cc(C)cc(C(=O)NCc2ccc(F)c(-c3cccc(CN4CCN(C)CC4)c3)c2)c1. The number of pyridine rings is 1. The number of benzene rings is 3. The lowest BCUT2D eigenvalue weighted by molar-refractivity contribution is 0.0904. The summed E-state index contributed by atoms with van der Waals surface area (Å²) in [4.78, 5) is 37.0. The minimum atomic E-state index is -0.318. The predicted molar refractivity (Wildman–Crippen MR) is 218 cm³/mol. The Morgan fingerprint density at radius 2 is 1.62 bits per heavy atom. The average molecular weight is 761 g/mol. The molecule has 56 heavy (non-hydrogen) atoms. The van der Waals surface area contributed by atoms with Crippen molar-refractivity contribution in [2.24, 2.45) is 0 Å². The molecule has 0 bridgehead atoms. The molecule has 12 heteroatoms. The average Bonchev–Trinajstić information content (AvgIpc) is 3.63. The van der Waals surface area contributed by atoms with Crippen LogP contribution in [-0.2, 0) is 37.3 Å². The van der Waals surface area contributed by atoms with Crippen LogP contribution in [0.15, 0.2) is 66.9 Å². The van der Waals surface area contributed by atoms with Crippen LogP contribution in [0.1, 0.15) is 75.4 Å². The molecular formula is C44H53FN8O3. The number of hydrogen-bond donors (Lipinski definition) is 3. The lowest BCUT2D eigenvalue weighted by atomic mass is 10.00. The molecule has 3 N–H and O–H groups in total. The maximum absolute atomic E-state index is 15.2. The van der Waals surface area contributed by atoms with Crippen LogP contribution in [0.4, 0.5) is 10.1 Å². The van der Waals surface area contributed by atoms with E-state index in [1.165, 1.54) is 6.07 Å². The van der Waals surface area contributed by atoms with Crippen molar-refractivity contribution in [3.05, 3.63) is 112 Å². The number of piperazine rings is 1. The second kappa shape index (κ2) is 17.7. The maximum atomic E-state index is 15.2. The molecule has 0 spiro atoms. The van der Waals surface area contributed by atoms with Gasteiger partial charge in [-0.3, -0.25) is 14.5 Å². The van der Waals surface area contributed by atoms with Crippen molar-refractivity contribution in [3.8, 4) is 11.1 Å². The van der Waals surface area contributed by atoms with Gasteiger partial charge in [0.15, 0.2) is 5.65 Å². The standard InChI is InChI=1S/C44H53FN8O3/c1-5-40-37(41(49-35-12-18-56-19-13-35)38-27-48-53(6-2)42(38)50-40)26-47-44(55)34-21-29(3)20-33(24-34)43(54)46-25-30-10-11-39(45)36(23-30)32-9-7-8-31(22-32)28-52-16-14-51(4)15-17-52/h7-11,20-24,27,35H,5-6,12-19,25-26,28H2,1-4H3,(H,46,54)(H,47,55)(H,49,50). The van der Waals surface area contributed by atoms with Crippen molar-refractivity contribution < 1.29 is 18.7 Å². The Morgan fingerprint density at radius 3 is 2.34 bits per heavy atom. The van der Waals surface area contributed by atoms with Crippen molar-refractivity contribution in [1.29, 1.82) is 0 Å². The number of hydrogen-bond acceptors (Lipinski definition) is 8. The fourth-order valence-electron chi connectivity index (χ4n) is 7.71. The highest BCUT2D eigenvalue weighted by molar-refractivity contribution is 6.00. The van der Waals surface area contributed by atoms with Gasteiger partial charge in [0.05, 0.1) is 17.3 Å². The minimum absolute atomic E-state index is 0.204. The molecular weight excluding hydrogens is 708 g/mol. The summed E-state index contributed by atoms with van der Waals surface area (Å²) in [5.41, 5.74) is 8.38. The minimum Gasteiger partial charge on any atom is -0.381 e. The van der Waals surface area contributed by atoms with Crippen LogP contribution < -0.4 is 16.0 Å². The van der Waals surface area contributed by atoms with Crippen LogP contribution in [0.5, 0.6) is 0 Å². The third-order valence-electron chi connectivity index (χ3n) is 10.9. The van der Waals surface area contributed by atoms with Gasteiger partial charge in [-0.2, -0.15) is 5.10 Å². The van der Waals surface area contributed by atoms with Crippen LogP contribution in [0.3, 0.4) is 0 Å². The molecule has 7 rings (SSSR count). The summed E-state index contributed by atoms with van der Waals surface area (Å²) in [7, 11) is 2.14. The number of halogens is 1. The van der Waals surface area contributed by atoms with E-state index in [4.69, 9.17) is 9.72 Å². The molecule has 294 valence electrons. The quantitative estimate of drug-likeness (QED) is 0.128.